The Morgan fingerprint density at radius 2 is 1.94 bits per heavy atom. The third-order valence-corrected chi connectivity index (χ3v) is 2.56. The number of hydrogen-bond acceptors (Lipinski definition) is 3. The summed E-state index contributed by atoms with van der Waals surface area (Å²) in [5, 5.41) is 2.61. The number of ether oxygens (including phenoxy) is 1. The zero-order valence-corrected chi connectivity index (χ0v) is 10.5. The van der Waals surface area contributed by atoms with Crippen LogP contribution in [0.1, 0.15) is 46.5 Å². The maximum absolute atomic E-state index is 11.2. The average Bonchev–Trinajstić information content (AvgIpc) is 2.29. The summed E-state index contributed by atoms with van der Waals surface area (Å²) in [6, 6.07) is 0. The number of hydrogen-bond donors (Lipinski definition) is 1. The summed E-state index contributed by atoms with van der Waals surface area (Å²) in [4.78, 5) is 22.3. The second-order valence-electron chi connectivity index (χ2n) is 3.85. The Labute approximate surface area is 97.7 Å². The summed E-state index contributed by atoms with van der Waals surface area (Å²) < 4.78 is 4.60. The van der Waals surface area contributed by atoms with Crippen molar-refractivity contribution in [2.45, 2.75) is 46.5 Å². The van der Waals surface area contributed by atoms with Crippen LogP contribution in [0.3, 0.4) is 0 Å². The first-order chi connectivity index (χ1) is 7.65. The molecule has 0 aromatic heterocycles. The van der Waals surface area contributed by atoms with Gasteiger partial charge in [0.15, 0.2) is 0 Å². The Balaban J connectivity index is 3.82. The lowest BCUT2D eigenvalue weighted by Gasteiger charge is -2.14. The molecule has 0 radical (unpaired) electrons. The molecule has 0 aliphatic rings. The zero-order valence-electron chi connectivity index (χ0n) is 10.5. The molecule has 0 spiro atoms. The molecule has 0 heterocycles. The average molecular weight is 229 g/mol. The van der Waals surface area contributed by atoms with E-state index < -0.39 is 11.9 Å². The third kappa shape index (κ3) is 6.43. The molecule has 0 saturated carbocycles. The van der Waals surface area contributed by atoms with Crippen LogP contribution in [0.4, 0.5) is 0 Å². The van der Waals surface area contributed by atoms with E-state index in [2.05, 4.69) is 23.9 Å². The van der Waals surface area contributed by atoms with Gasteiger partial charge in [0.1, 0.15) is 0 Å². The number of nitrogens with one attached hydrogen (secondary N) is 1. The molecule has 0 saturated heterocycles. The van der Waals surface area contributed by atoms with Gasteiger partial charge in [-0.2, -0.15) is 0 Å². The van der Waals surface area contributed by atoms with Gasteiger partial charge in [-0.15, -0.1) is 0 Å². The van der Waals surface area contributed by atoms with Gasteiger partial charge < -0.3 is 10.1 Å². The third-order valence-electron chi connectivity index (χ3n) is 2.56. The highest BCUT2D eigenvalue weighted by Gasteiger charge is 2.15. The molecule has 94 valence electrons. The molecule has 1 atom stereocenters. The summed E-state index contributed by atoms with van der Waals surface area (Å²) in [6.45, 7) is 6.72. The minimum atomic E-state index is -0.784. The Morgan fingerprint density at radius 3 is 2.44 bits per heavy atom. The summed E-state index contributed by atoms with van der Waals surface area (Å²) in [6.07, 6.45) is 4.43. The number of unbranched alkanes of at least 4 members (excludes halogenated alkanes) is 1. The monoisotopic (exact) mass is 229 g/mol. The molecule has 1 amide bonds. The Hall–Kier alpha value is -1.06. The standard InChI is InChI=1S/C12H23NO3/c1-4-7-8-10(5-2)9-13-11(14)12(15)16-6-3/h10H,4-9H2,1-3H3,(H,13,14). The molecule has 1 N–H and O–H groups in total. The number of esters is 1. The van der Waals surface area contributed by atoms with E-state index in [0.717, 1.165) is 25.7 Å². The summed E-state index contributed by atoms with van der Waals surface area (Å²) >= 11 is 0. The second-order valence-corrected chi connectivity index (χ2v) is 3.85. The van der Waals surface area contributed by atoms with Crippen molar-refractivity contribution < 1.29 is 14.3 Å². The van der Waals surface area contributed by atoms with E-state index >= 15 is 0 Å². The second kappa shape index (κ2) is 9.19. The van der Waals surface area contributed by atoms with Crippen molar-refractivity contribution >= 4 is 11.9 Å². The van der Waals surface area contributed by atoms with Crippen molar-refractivity contribution in [1.29, 1.82) is 0 Å². The van der Waals surface area contributed by atoms with Crippen LogP contribution in [0.2, 0.25) is 0 Å². The van der Waals surface area contributed by atoms with Crippen LogP contribution in [-0.4, -0.2) is 25.0 Å². The van der Waals surface area contributed by atoms with Crippen LogP contribution in [0.5, 0.6) is 0 Å². The number of rotatable bonds is 7. The van der Waals surface area contributed by atoms with Crippen molar-refractivity contribution in [2.24, 2.45) is 5.92 Å². The molecular formula is C12H23NO3. The van der Waals surface area contributed by atoms with E-state index in [-0.39, 0.29) is 6.61 Å². The van der Waals surface area contributed by atoms with Crippen molar-refractivity contribution in [1.82, 2.24) is 5.32 Å². The molecule has 0 rings (SSSR count). The van der Waals surface area contributed by atoms with Crippen LogP contribution in [0.15, 0.2) is 0 Å². The summed E-state index contributed by atoms with van der Waals surface area (Å²) in [5.74, 6) is -0.956. The number of carbonyl (C=O) groups is 2. The maximum Gasteiger partial charge on any atom is 0.396 e. The molecule has 4 heteroatoms. The highest BCUT2D eigenvalue weighted by atomic mass is 16.5. The van der Waals surface area contributed by atoms with Gasteiger partial charge >= 0.3 is 11.9 Å². The molecule has 0 aliphatic heterocycles. The minimum Gasteiger partial charge on any atom is -0.459 e. The molecule has 0 aromatic rings. The molecular weight excluding hydrogens is 206 g/mol. The highest BCUT2D eigenvalue weighted by molar-refractivity contribution is 6.32. The molecule has 4 nitrogen and oxygen atoms in total. The quantitative estimate of drug-likeness (QED) is 0.535. The molecule has 1 unspecified atom stereocenters. The zero-order chi connectivity index (χ0) is 12.4. The minimum absolute atomic E-state index is 0.235. The SMILES string of the molecule is CCCCC(CC)CNC(=O)C(=O)OCC. The first-order valence-electron chi connectivity index (χ1n) is 6.10. The van der Waals surface area contributed by atoms with Crippen molar-refractivity contribution in [3.8, 4) is 0 Å². The first kappa shape index (κ1) is 14.9. The van der Waals surface area contributed by atoms with E-state index in [1.807, 2.05) is 0 Å². The molecule has 16 heavy (non-hydrogen) atoms. The molecule has 0 aromatic carbocycles. The van der Waals surface area contributed by atoms with Crippen LogP contribution in [-0.2, 0) is 14.3 Å². The molecule has 0 aliphatic carbocycles. The highest BCUT2D eigenvalue weighted by Crippen LogP contribution is 2.10. The fourth-order valence-electron chi connectivity index (χ4n) is 1.45. The van der Waals surface area contributed by atoms with Gasteiger partial charge in [-0.1, -0.05) is 33.1 Å². The van der Waals surface area contributed by atoms with Gasteiger partial charge in [0.2, 0.25) is 0 Å². The fourth-order valence-corrected chi connectivity index (χ4v) is 1.45. The summed E-state index contributed by atoms with van der Waals surface area (Å²) in [5.41, 5.74) is 0. The Morgan fingerprint density at radius 1 is 1.25 bits per heavy atom. The fraction of sp³-hybridized carbons (Fsp3) is 0.833. The van der Waals surface area contributed by atoms with Gasteiger partial charge in [0.05, 0.1) is 6.61 Å². The van der Waals surface area contributed by atoms with E-state index in [1.165, 1.54) is 0 Å². The lowest BCUT2D eigenvalue weighted by molar-refractivity contribution is -0.154. The lowest BCUT2D eigenvalue weighted by Crippen LogP contribution is -2.35. The van der Waals surface area contributed by atoms with Gasteiger partial charge in [-0.3, -0.25) is 4.79 Å². The number of carbonyl (C=O) groups excluding carboxylic acids is 2. The largest absolute Gasteiger partial charge is 0.459 e. The van der Waals surface area contributed by atoms with Crippen molar-refractivity contribution in [3.63, 3.8) is 0 Å². The van der Waals surface area contributed by atoms with E-state index in [0.29, 0.717) is 12.5 Å². The lowest BCUT2D eigenvalue weighted by atomic mass is 9.99. The molecule has 0 fully saturated rings. The summed E-state index contributed by atoms with van der Waals surface area (Å²) in [7, 11) is 0. The molecule has 0 bridgehead atoms. The van der Waals surface area contributed by atoms with E-state index in [1.54, 1.807) is 6.92 Å². The smallest absolute Gasteiger partial charge is 0.396 e. The first-order valence-corrected chi connectivity index (χ1v) is 6.10. The van der Waals surface area contributed by atoms with Gasteiger partial charge in [-0.05, 0) is 19.3 Å². The number of amides is 1. The van der Waals surface area contributed by atoms with E-state index in [4.69, 9.17) is 0 Å². The van der Waals surface area contributed by atoms with Gasteiger partial charge in [0, 0.05) is 6.54 Å². The van der Waals surface area contributed by atoms with Gasteiger partial charge in [0.25, 0.3) is 0 Å². The van der Waals surface area contributed by atoms with Crippen LogP contribution < -0.4 is 5.32 Å². The van der Waals surface area contributed by atoms with Crippen molar-refractivity contribution in [3.05, 3.63) is 0 Å². The van der Waals surface area contributed by atoms with Crippen molar-refractivity contribution in [2.75, 3.05) is 13.2 Å². The predicted octanol–water partition coefficient (Wildman–Crippen LogP) is 1.88. The maximum atomic E-state index is 11.2. The van der Waals surface area contributed by atoms with E-state index in [9.17, 15) is 9.59 Å². The van der Waals surface area contributed by atoms with Gasteiger partial charge in [-0.25, -0.2) is 4.79 Å². The topological polar surface area (TPSA) is 55.4 Å². The predicted molar refractivity (Wildman–Crippen MR) is 62.9 cm³/mol. The van der Waals surface area contributed by atoms with Crippen LogP contribution in [0, 0.1) is 5.92 Å². The normalized spacial score (nSPS) is 11.9. The Kier molecular flexibility index (Phi) is 8.58. The Bertz CT molecular complexity index is 216. The van der Waals surface area contributed by atoms with Crippen LogP contribution >= 0.6 is 0 Å². The van der Waals surface area contributed by atoms with Crippen LogP contribution in [0.25, 0.3) is 0 Å².